The van der Waals surface area contributed by atoms with Crippen molar-refractivity contribution in [3.05, 3.63) is 11.1 Å². The molecule has 1 rings (SSSR count). The first-order chi connectivity index (χ1) is 6.83. The smallest absolute Gasteiger partial charge is 0.355 e. The summed E-state index contributed by atoms with van der Waals surface area (Å²) in [4.78, 5) is 25.3. The highest BCUT2D eigenvalue weighted by Crippen LogP contribution is 2.19. The molecule has 0 atom stereocenters. The van der Waals surface area contributed by atoms with Gasteiger partial charge in [0.25, 0.3) is 0 Å². The first-order valence-electron chi connectivity index (χ1n) is 4.10. The van der Waals surface area contributed by atoms with Crippen LogP contribution in [0.15, 0.2) is 5.38 Å². The number of aromatic carboxylic acids is 1. The Morgan fingerprint density at radius 2 is 2.20 bits per heavy atom. The average Bonchev–Trinajstić information content (AvgIpc) is 2.51. The van der Waals surface area contributed by atoms with Gasteiger partial charge < -0.3 is 16.2 Å². The van der Waals surface area contributed by atoms with Gasteiger partial charge in [0.05, 0.1) is 0 Å². The number of amides is 1. The summed E-state index contributed by atoms with van der Waals surface area (Å²) in [6.07, 6.45) is 0. The Labute approximate surface area is 90.1 Å². The first kappa shape index (κ1) is 11.4. The van der Waals surface area contributed by atoms with Gasteiger partial charge in [-0.05, 0) is 13.8 Å². The molecule has 7 heteroatoms. The van der Waals surface area contributed by atoms with Crippen LogP contribution in [0.5, 0.6) is 0 Å². The highest BCUT2D eigenvalue weighted by atomic mass is 32.1. The maximum absolute atomic E-state index is 11.0. The largest absolute Gasteiger partial charge is 0.476 e. The van der Waals surface area contributed by atoms with Crippen LogP contribution in [-0.2, 0) is 4.79 Å². The summed E-state index contributed by atoms with van der Waals surface area (Å²) in [6.45, 7) is 3.19. The molecule has 0 unspecified atom stereocenters. The van der Waals surface area contributed by atoms with Crippen LogP contribution in [0.3, 0.4) is 0 Å². The van der Waals surface area contributed by atoms with Crippen molar-refractivity contribution in [2.75, 3.05) is 5.32 Å². The van der Waals surface area contributed by atoms with Crippen LogP contribution < -0.4 is 11.1 Å². The summed E-state index contributed by atoms with van der Waals surface area (Å²) >= 11 is 1.11. The number of hydrogen-bond donors (Lipinski definition) is 3. The Morgan fingerprint density at radius 1 is 1.60 bits per heavy atom. The van der Waals surface area contributed by atoms with E-state index in [4.69, 9.17) is 10.8 Å². The van der Waals surface area contributed by atoms with Crippen molar-refractivity contribution in [2.45, 2.75) is 19.4 Å². The molecule has 1 aromatic heterocycles. The molecule has 0 saturated heterocycles. The maximum atomic E-state index is 11.0. The van der Waals surface area contributed by atoms with Gasteiger partial charge in [0.2, 0.25) is 5.91 Å². The lowest BCUT2D eigenvalue weighted by Gasteiger charge is -2.21. The fraction of sp³-hybridized carbons (Fsp3) is 0.375. The predicted molar refractivity (Wildman–Crippen MR) is 56.0 cm³/mol. The fourth-order valence-corrected chi connectivity index (χ4v) is 1.60. The third kappa shape index (κ3) is 2.66. The summed E-state index contributed by atoms with van der Waals surface area (Å²) < 4.78 is 0. The molecular formula is C8H11N3O3S. The van der Waals surface area contributed by atoms with E-state index in [0.717, 1.165) is 11.3 Å². The van der Waals surface area contributed by atoms with Gasteiger partial charge in [-0.2, -0.15) is 0 Å². The molecule has 15 heavy (non-hydrogen) atoms. The number of nitrogens with two attached hydrogens (primary N) is 1. The molecule has 0 fully saturated rings. The molecule has 0 aliphatic carbocycles. The van der Waals surface area contributed by atoms with Crippen LogP contribution in [0.25, 0.3) is 0 Å². The van der Waals surface area contributed by atoms with E-state index < -0.39 is 17.4 Å². The molecule has 0 spiro atoms. The number of carboxylic acid groups (broad SMARTS) is 1. The second kappa shape index (κ2) is 3.85. The standard InChI is InChI=1S/C8H11N3O3S/c1-8(2,6(9)14)11-7-10-4(3-15-7)5(12)13/h3H,1-2H3,(H2,9,14)(H,10,11)(H,12,13). The van der Waals surface area contributed by atoms with E-state index in [2.05, 4.69) is 10.3 Å². The van der Waals surface area contributed by atoms with Crippen LogP contribution >= 0.6 is 11.3 Å². The number of primary amides is 1. The number of nitrogens with zero attached hydrogens (tertiary/aromatic N) is 1. The molecule has 0 aliphatic rings. The average molecular weight is 229 g/mol. The van der Waals surface area contributed by atoms with Gasteiger partial charge in [-0.1, -0.05) is 0 Å². The fourth-order valence-electron chi connectivity index (χ4n) is 0.758. The Hall–Kier alpha value is -1.63. The SMILES string of the molecule is CC(C)(Nc1nc(C(=O)O)cs1)C(N)=O. The molecular weight excluding hydrogens is 218 g/mol. The summed E-state index contributed by atoms with van der Waals surface area (Å²) in [7, 11) is 0. The zero-order valence-electron chi connectivity index (χ0n) is 8.27. The van der Waals surface area contributed by atoms with Gasteiger partial charge in [0.15, 0.2) is 10.8 Å². The van der Waals surface area contributed by atoms with Crippen molar-refractivity contribution in [1.82, 2.24) is 4.98 Å². The van der Waals surface area contributed by atoms with Crippen molar-refractivity contribution >= 4 is 28.3 Å². The van der Waals surface area contributed by atoms with E-state index in [1.54, 1.807) is 13.8 Å². The highest BCUT2D eigenvalue weighted by Gasteiger charge is 2.25. The van der Waals surface area contributed by atoms with Crippen LogP contribution in [0.1, 0.15) is 24.3 Å². The van der Waals surface area contributed by atoms with Gasteiger partial charge in [-0.15, -0.1) is 11.3 Å². The molecule has 4 N–H and O–H groups in total. The van der Waals surface area contributed by atoms with Crippen LogP contribution in [0.4, 0.5) is 5.13 Å². The zero-order valence-corrected chi connectivity index (χ0v) is 9.09. The lowest BCUT2D eigenvalue weighted by atomic mass is 10.1. The highest BCUT2D eigenvalue weighted by molar-refractivity contribution is 7.13. The van der Waals surface area contributed by atoms with Crippen molar-refractivity contribution in [3.63, 3.8) is 0 Å². The van der Waals surface area contributed by atoms with Gasteiger partial charge in [-0.3, -0.25) is 4.79 Å². The Kier molecular flexibility index (Phi) is 2.94. The minimum atomic E-state index is -1.10. The van der Waals surface area contributed by atoms with Crippen LogP contribution in [0, 0.1) is 0 Å². The van der Waals surface area contributed by atoms with Crippen molar-refractivity contribution in [2.24, 2.45) is 5.73 Å². The molecule has 0 aromatic carbocycles. The number of carbonyl (C=O) groups is 2. The Morgan fingerprint density at radius 3 is 2.60 bits per heavy atom. The van der Waals surface area contributed by atoms with E-state index in [9.17, 15) is 9.59 Å². The Bertz CT molecular complexity index is 400. The summed E-state index contributed by atoms with van der Waals surface area (Å²) in [5, 5.41) is 13.1. The lowest BCUT2D eigenvalue weighted by Crippen LogP contribution is -2.45. The first-order valence-corrected chi connectivity index (χ1v) is 4.98. The second-order valence-electron chi connectivity index (χ2n) is 3.46. The summed E-state index contributed by atoms with van der Waals surface area (Å²) in [5.41, 5.74) is 4.14. The molecule has 1 heterocycles. The van der Waals surface area contributed by atoms with Crippen LogP contribution in [-0.4, -0.2) is 27.5 Å². The summed E-state index contributed by atoms with van der Waals surface area (Å²) in [5.74, 6) is -1.63. The van der Waals surface area contributed by atoms with E-state index in [0.29, 0.717) is 5.13 Å². The summed E-state index contributed by atoms with van der Waals surface area (Å²) in [6, 6.07) is 0. The molecule has 1 aromatic rings. The number of carbonyl (C=O) groups excluding carboxylic acids is 1. The molecule has 82 valence electrons. The number of carboxylic acids is 1. The Balaban J connectivity index is 2.82. The number of hydrogen-bond acceptors (Lipinski definition) is 5. The van der Waals surface area contributed by atoms with Gasteiger partial charge >= 0.3 is 5.97 Å². The van der Waals surface area contributed by atoms with E-state index in [-0.39, 0.29) is 5.69 Å². The van der Waals surface area contributed by atoms with Crippen molar-refractivity contribution in [3.8, 4) is 0 Å². The molecule has 0 radical (unpaired) electrons. The molecule has 0 saturated carbocycles. The third-order valence-corrected chi connectivity index (χ3v) is 2.52. The van der Waals surface area contributed by atoms with E-state index in [1.165, 1.54) is 5.38 Å². The molecule has 6 nitrogen and oxygen atoms in total. The number of rotatable bonds is 4. The van der Waals surface area contributed by atoms with Gasteiger partial charge in [-0.25, -0.2) is 9.78 Å². The normalized spacial score (nSPS) is 11.1. The van der Waals surface area contributed by atoms with Gasteiger partial charge in [0.1, 0.15) is 5.54 Å². The minimum absolute atomic E-state index is 0.0530. The number of anilines is 1. The van der Waals surface area contributed by atoms with Gasteiger partial charge in [0, 0.05) is 5.38 Å². The quantitative estimate of drug-likeness (QED) is 0.697. The topological polar surface area (TPSA) is 105 Å². The molecule has 0 bridgehead atoms. The monoisotopic (exact) mass is 229 g/mol. The minimum Gasteiger partial charge on any atom is -0.476 e. The molecule has 1 amide bonds. The lowest BCUT2D eigenvalue weighted by molar-refractivity contribution is -0.121. The zero-order chi connectivity index (χ0) is 11.6. The second-order valence-corrected chi connectivity index (χ2v) is 4.32. The third-order valence-electron chi connectivity index (χ3n) is 1.76. The van der Waals surface area contributed by atoms with Crippen LogP contribution in [0.2, 0.25) is 0 Å². The van der Waals surface area contributed by atoms with E-state index in [1.807, 2.05) is 0 Å². The number of aromatic nitrogens is 1. The predicted octanol–water partition coefficient (Wildman–Crippen LogP) is 0.517. The molecule has 0 aliphatic heterocycles. The maximum Gasteiger partial charge on any atom is 0.355 e. The van der Waals surface area contributed by atoms with Crippen molar-refractivity contribution in [1.29, 1.82) is 0 Å². The number of nitrogens with one attached hydrogen (secondary N) is 1. The van der Waals surface area contributed by atoms with E-state index >= 15 is 0 Å². The number of thiazole rings is 1. The van der Waals surface area contributed by atoms with Crippen molar-refractivity contribution < 1.29 is 14.7 Å².